The minimum absolute atomic E-state index is 0.00837. The normalized spacial score (nSPS) is 11.3. The van der Waals surface area contributed by atoms with Crippen LogP contribution in [0.2, 0.25) is 5.02 Å². The van der Waals surface area contributed by atoms with E-state index in [2.05, 4.69) is 11.1 Å². The number of aromatic amines is 1. The van der Waals surface area contributed by atoms with Gasteiger partial charge >= 0.3 is 0 Å². The third kappa shape index (κ3) is 2.82. The van der Waals surface area contributed by atoms with Crippen LogP contribution in [0.1, 0.15) is 27.3 Å². The first kappa shape index (κ1) is 16.6. The highest BCUT2D eigenvalue weighted by Crippen LogP contribution is 2.25. The quantitative estimate of drug-likeness (QED) is 0.438. The summed E-state index contributed by atoms with van der Waals surface area (Å²) in [5, 5.41) is 19.8. The molecule has 25 heavy (non-hydrogen) atoms. The molecule has 0 unspecified atom stereocenters. The van der Waals surface area contributed by atoms with Gasteiger partial charge in [0.1, 0.15) is 23.4 Å². The summed E-state index contributed by atoms with van der Waals surface area (Å²) in [6.07, 6.45) is 3.10. The fourth-order valence-corrected chi connectivity index (χ4v) is 2.88. The molecule has 0 radical (unpaired) electrons. The molecule has 6 heteroatoms. The molecule has 0 aliphatic rings. The zero-order valence-electron chi connectivity index (χ0n) is 13.6. The lowest BCUT2D eigenvalue weighted by molar-refractivity contribution is 0.104. The van der Waals surface area contributed by atoms with Crippen LogP contribution < -0.4 is 0 Å². The molecule has 0 aliphatic heterocycles. The molecule has 122 valence electrons. The number of H-pyrrole nitrogens is 1. The van der Waals surface area contributed by atoms with Crippen LogP contribution in [0.25, 0.3) is 17.0 Å². The van der Waals surface area contributed by atoms with Crippen LogP contribution in [0.5, 0.6) is 0 Å². The van der Waals surface area contributed by atoms with E-state index in [-0.39, 0.29) is 11.4 Å². The first-order chi connectivity index (χ1) is 12.0. The number of ketones is 1. The Labute approximate surface area is 149 Å². The molecule has 1 aromatic carbocycles. The Morgan fingerprint density at radius 1 is 1.32 bits per heavy atom. The molecule has 0 fully saturated rings. The second-order valence-corrected chi connectivity index (χ2v) is 6.07. The summed E-state index contributed by atoms with van der Waals surface area (Å²) in [6, 6.07) is 10.9. The molecular formula is C19H13ClN4O. The van der Waals surface area contributed by atoms with Gasteiger partial charge in [-0.15, -0.1) is 0 Å². The number of allylic oxidation sites excluding steroid dienone is 1. The predicted molar refractivity (Wildman–Crippen MR) is 96.1 cm³/mol. The maximum absolute atomic E-state index is 12.8. The molecule has 1 N–H and O–H groups in total. The van der Waals surface area contributed by atoms with Crippen LogP contribution in [0.15, 0.2) is 36.0 Å². The standard InChI is InChI=1S/C19H13ClN4O/c1-11-12(6-15(9-22)24(11)2)5-13(8-21)19(25)17-10-23-18-7-14(20)3-4-16(17)18/h3-7,10,23H,1-2H3/b13-5+. The van der Waals surface area contributed by atoms with Crippen molar-refractivity contribution in [2.75, 3.05) is 0 Å². The van der Waals surface area contributed by atoms with E-state index in [1.807, 2.05) is 13.0 Å². The Morgan fingerprint density at radius 2 is 2.08 bits per heavy atom. The summed E-state index contributed by atoms with van der Waals surface area (Å²) < 4.78 is 1.72. The zero-order chi connectivity index (χ0) is 18.1. The van der Waals surface area contributed by atoms with Gasteiger partial charge in [0.15, 0.2) is 0 Å². The number of nitrogens with one attached hydrogen (secondary N) is 1. The number of Topliss-reactive ketones (excluding diaryl/α,β-unsaturated/α-hetero) is 1. The van der Waals surface area contributed by atoms with Crippen molar-refractivity contribution in [3.63, 3.8) is 0 Å². The van der Waals surface area contributed by atoms with Gasteiger partial charge in [-0.3, -0.25) is 4.79 Å². The molecule has 0 atom stereocenters. The van der Waals surface area contributed by atoms with Crippen molar-refractivity contribution in [3.8, 4) is 12.1 Å². The van der Waals surface area contributed by atoms with E-state index < -0.39 is 0 Å². The van der Waals surface area contributed by atoms with Gasteiger partial charge in [-0.25, -0.2) is 0 Å². The van der Waals surface area contributed by atoms with Crippen molar-refractivity contribution in [1.82, 2.24) is 9.55 Å². The molecule has 3 rings (SSSR count). The summed E-state index contributed by atoms with van der Waals surface area (Å²) in [7, 11) is 1.77. The van der Waals surface area contributed by atoms with E-state index in [1.54, 1.807) is 42.1 Å². The third-order valence-electron chi connectivity index (χ3n) is 4.24. The number of rotatable bonds is 3. The van der Waals surface area contributed by atoms with E-state index in [9.17, 15) is 10.1 Å². The number of benzene rings is 1. The minimum atomic E-state index is -0.377. The Bertz CT molecular complexity index is 1120. The molecule has 3 aromatic rings. The summed E-state index contributed by atoms with van der Waals surface area (Å²) in [4.78, 5) is 15.8. The topological polar surface area (TPSA) is 85.4 Å². The number of hydrogen-bond acceptors (Lipinski definition) is 3. The Balaban J connectivity index is 2.08. The van der Waals surface area contributed by atoms with Gasteiger partial charge in [0.25, 0.3) is 0 Å². The van der Waals surface area contributed by atoms with Gasteiger partial charge < -0.3 is 9.55 Å². The average Bonchev–Trinajstić information content (AvgIpc) is 3.14. The fraction of sp³-hybridized carbons (Fsp3) is 0.105. The van der Waals surface area contributed by atoms with Crippen molar-refractivity contribution in [3.05, 3.63) is 63.6 Å². The van der Waals surface area contributed by atoms with Crippen molar-refractivity contribution in [2.24, 2.45) is 7.05 Å². The summed E-state index contributed by atoms with van der Waals surface area (Å²) in [6.45, 7) is 1.83. The number of aromatic nitrogens is 2. The number of carbonyl (C=O) groups is 1. The molecule has 2 heterocycles. The summed E-state index contributed by atoms with van der Waals surface area (Å²) >= 11 is 5.96. The van der Waals surface area contributed by atoms with Crippen LogP contribution >= 0.6 is 11.6 Å². The first-order valence-electron chi connectivity index (χ1n) is 7.45. The van der Waals surface area contributed by atoms with Crippen molar-refractivity contribution < 1.29 is 4.79 Å². The summed E-state index contributed by atoms with van der Waals surface area (Å²) in [5.74, 6) is -0.377. The number of carbonyl (C=O) groups excluding carboxylic acids is 1. The lowest BCUT2D eigenvalue weighted by atomic mass is 10.0. The molecule has 0 aliphatic carbocycles. The van der Waals surface area contributed by atoms with Gasteiger partial charge in [-0.05, 0) is 36.8 Å². The maximum atomic E-state index is 12.8. The Hall–Kier alpha value is -3.28. The monoisotopic (exact) mass is 348 g/mol. The highest BCUT2D eigenvalue weighted by atomic mass is 35.5. The Kier molecular flexibility index (Phi) is 4.19. The first-order valence-corrected chi connectivity index (χ1v) is 7.83. The zero-order valence-corrected chi connectivity index (χ0v) is 14.3. The maximum Gasteiger partial charge on any atom is 0.205 e. The van der Waals surface area contributed by atoms with Gasteiger partial charge in [-0.2, -0.15) is 10.5 Å². The van der Waals surface area contributed by atoms with Crippen LogP contribution in [0.3, 0.4) is 0 Å². The molecule has 2 aromatic heterocycles. The lowest BCUT2D eigenvalue weighted by Crippen LogP contribution is -2.01. The fourth-order valence-electron chi connectivity index (χ4n) is 2.71. The van der Waals surface area contributed by atoms with E-state index in [1.165, 1.54) is 6.08 Å². The molecule has 0 spiro atoms. The number of hydrogen-bond donors (Lipinski definition) is 1. The van der Waals surface area contributed by atoms with Crippen molar-refractivity contribution >= 4 is 34.4 Å². The van der Waals surface area contributed by atoms with Gasteiger partial charge in [0.2, 0.25) is 5.78 Å². The van der Waals surface area contributed by atoms with E-state index >= 15 is 0 Å². The number of fused-ring (bicyclic) bond motifs is 1. The van der Waals surface area contributed by atoms with Crippen molar-refractivity contribution in [1.29, 1.82) is 10.5 Å². The van der Waals surface area contributed by atoms with Crippen LogP contribution in [0, 0.1) is 29.6 Å². The van der Waals surface area contributed by atoms with E-state index in [4.69, 9.17) is 16.9 Å². The average molecular weight is 349 g/mol. The predicted octanol–water partition coefficient (Wildman–Crippen LogP) is 4.13. The second-order valence-electron chi connectivity index (χ2n) is 5.63. The molecule has 0 saturated heterocycles. The van der Waals surface area contributed by atoms with Crippen LogP contribution in [-0.4, -0.2) is 15.3 Å². The lowest BCUT2D eigenvalue weighted by Gasteiger charge is -2.00. The van der Waals surface area contributed by atoms with E-state index in [0.717, 1.165) is 11.2 Å². The van der Waals surface area contributed by atoms with Gasteiger partial charge in [0, 0.05) is 40.4 Å². The van der Waals surface area contributed by atoms with Gasteiger partial charge in [0.05, 0.1) is 0 Å². The number of halogens is 1. The Morgan fingerprint density at radius 3 is 2.72 bits per heavy atom. The molecule has 5 nitrogen and oxygen atoms in total. The second kappa shape index (κ2) is 6.32. The van der Waals surface area contributed by atoms with Crippen LogP contribution in [0.4, 0.5) is 0 Å². The van der Waals surface area contributed by atoms with Crippen LogP contribution in [-0.2, 0) is 7.05 Å². The smallest absolute Gasteiger partial charge is 0.205 e. The highest BCUT2D eigenvalue weighted by molar-refractivity contribution is 6.31. The molecule has 0 bridgehead atoms. The molecule has 0 amide bonds. The number of nitrogens with zero attached hydrogens (tertiary/aromatic N) is 3. The van der Waals surface area contributed by atoms with Gasteiger partial charge in [-0.1, -0.05) is 17.7 Å². The molecule has 0 saturated carbocycles. The minimum Gasteiger partial charge on any atom is -0.360 e. The summed E-state index contributed by atoms with van der Waals surface area (Å²) in [5.41, 5.74) is 3.10. The van der Waals surface area contributed by atoms with E-state index in [0.29, 0.717) is 27.2 Å². The largest absolute Gasteiger partial charge is 0.360 e. The highest BCUT2D eigenvalue weighted by Gasteiger charge is 2.18. The van der Waals surface area contributed by atoms with Crippen molar-refractivity contribution in [2.45, 2.75) is 6.92 Å². The number of nitriles is 2. The SMILES string of the molecule is Cc1c(/C=C(\C#N)C(=O)c2c[nH]c3cc(Cl)ccc23)cc(C#N)n1C. The molecular weight excluding hydrogens is 336 g/mol. The third-order valence-corrected chi connectivity index (χ3v) is 4.48.